The largest absolute Gasteiger partial charge is 0.320 e. The van der Waals surface area contributed by atoms with Gasteiger partial charge in [-0.2, -0.15) is 0 Å². The summed E-state index contributed by atoms with van der Waals surface area (Å²) < 4.78 is 0. The first kappa shape index (κ1) is 15.8. The number of nitrogens with zero attached hydrogens (tertiary/aromatic N) is 1. The number of anilines is 1. The van der Waals surface area contributed by atoms with Gasteiger partial charge < -0.3 is 5.32 Å². The van der Waals surface area contributed by atoms with Crippen molar-refractivity contribution in [3.05, 3.63) is 64.5 Å². The van der Waals surface area contributed by atoms with Gasteiger partial charge in [-0.15, -0.1) is 23.1 Å². The van der Waals surface area contributed by atoms with E-state index in [2.05, 4.69) is 29.4 Å². The lowest BCUT2D eigenvalue weighted by atomic mass is 10.0. The van der Waals surface area contributed by atoms with Gasteiger partial charge in [-0.05, 0) is 42.3 Å². The van der Waals surface area contributed by atoms with Gasteiger partial charge in [0.1, 0.15) is 0 Å². The van der Waals surface area contributed by atoms with Crippen LogP contribution >= 0.6 is 23.1 Å². The maximum Gasteiger partial charge on any atom is 0.266 e. The summed E-state index contributed by atoms with van der Waals surface area (Å²) in [6, 6.07) is 14.0. The molecule has 0 bridgehead atoms. The Morgan fingerprint density at radius 3 is 2.57 bits per heavy atom. The van der Waals surface area contributed by atoms with Crippen LogP contribution in [0, 0.1) is 6.92 Å². The smallest absolute Gasteiger partial charge is 0.266 e. The summed E-state index contributed by atoms with van der Waals surface area (Å²) in [5.41, 5.74) is 3.92. The van der Waals surface area contributed by atoms with Crippen LogP contribution in [0.4, 0.5) is 5.69 Å². The highest BCUT2D eigenvalue weighted by molar-refractivity contribution is 7.98. The van der Waals surface area contributed by atoms with Crippen LogP contribution in [-0.2, 0) is 0 Å². The molecule has 2 aromatic heterocycles. The zero-order valence-corrected chi connectivity index (χ0v) is 14.5. The Morgan fingerprint density at radius 2 is 1.91 bits per heavy atom. The Hall–Kier alpha value is -2.11. The van der Waals surface area contributed by atoms with E-state index in [-0.39, 0.29) is 5.91 Å². The second-order valence-corrected chi connectivity index (χ2v) is 6.82. The minimum Gasteiger partial charge on any atom is -0.320 e. The number of pyridine rings is 1. The second-order valence-electron chi connectivity index (χ2n) is 5.07. The van der Waals surface area contributed by atoms with E-state index >= 15 is 0 Å². The number of hydrogen-bond donors (Lipinski definition) is 1. The summed E-state index contributed by atoms with van der Waals surface area (Å²) in [4.78, 5) is 17.5. The Morgan fingerprint density at radius 1 is 1.13 bits per heavy atom. The predicted molar refractivity (Wildman–Crippen MR) is 98.5 cm³/mol. The molecule has 0 aliphatic rings. The molecule has 0 unspecified atom stereocenters. The monoisotopic (exact) mass is 340 g/mol. The van der Waals surface area contributed by atoms with Gasteiger partial charge in [0.05, 0.1) is 21.8 Å². The fourth-order valence-electron chi connectivity index (χ4n) is 2.21. The summed E-state index contributed by atoms with van der Waals surface area (Å²) in [7, 11) is 0. The second kappa shape index (κ2) is 6.98. The molecule has 1 N–H and O–H groups in total. The van der Waals surface area contributed by atoms with Crippen molar-refractivity contribution in [2.24, 2.45) is 0 Å². The lowest BCUT2D eigenvalue weighted by molar-refractivity contribution is 0.103. The van der Waals surface area contributed by atoms with Crippen molar-refractivity contribution in [1.82, 2.24) is 4.98 Å². The molecule has 3 rings (SSSR count). The molecule has 2 heterocycles. The maximum absolute atomic E-state index is 12.6. The fourth-order valence-corrected chi connectivity index (χ4v) is 3.38. The molecule has 5 heteroatoms. The molecule has 0 saturated heterocycles. The summed E-state index contributed by atoms with van der Waals surface area (Å²) in [5, 5.41) is 5.79. The quantitative estimate of drug-likeness (QED) is 0.672. The number of carbonyl (C=O) groups excluding carboxylic acids is 1. The molecular formula is C18H16N2OS2. The van der Waals surface area contributed by atoms with Gasteiger partial charge in [-0.1, -0.05) is 29.8 Å². The molecule has 3 aromatic rings. The third kappa shape index (κ3) is 3.63. The zero-order valence-electron chi connectivity index (χ0n) is 12.9. The van der Waals surface area contributed by atoms with Crippen molar-refractivity contribution in [3.8, 4) is 11.1 Å². The van der Waals surface area contributed by atoms with Crippen molar-refractivity contribution in [2.45, 2.75) is 11.9 Å². The third-order valence-electron chi connectivity index (χ3n) is 3.44. The number of benzene rings is 1. The van der Waals surface area contributed by atoms with Gasteiger partial charge in [-0.25, -0.2) is 4.98 Å². The number of nitrogens with one attached hydrogen (secondary N) is 1. The van der Waals surface area contributed by atoms with Crippen LogP contribution in [0.25, 0.3) is 11.1 Å². The van der Waals surface area contributed by atoms with Crippen molar-refractivity contribution < 1.29 is 4.79 Å². The number of carbonyl (C=O) groups is 1. The van der Waals surface area contributed by atoms with Crippen molar-refractivity contribution >= 4 is 34.7 Å². The normalized spacial score (nSPS) is 10.5. The number of hydrogen-bond acceptors (Lipinski definition) is 4. The molecule has 0 fully saturated rings. The third-order valence-corrected chi connectivity index (χ3v) is 5.01. The van der Waals surface area contributed by atoms with E-state index in [0.717, 1.165) is 16.2 Å². The van der Waals surface area contributed by atoms with Crippen molar-refractivity contribution in [2.75, 3.05) is 11.6 Å². The Labute approximate surface area is 143 Å². The fraction of sp³-hybridized carbons (Fsp3) is 0.111. The molecule has 1 amide bonds. The van der Waals surface area contributed by atoms with E-state index in [1.165, 1.54) is 16.9 Å². The van der Waals surface area contributed by atoms with E-state index in [9.17, 15) is 4.79 Å². The van der Waals surface area contributed by atoms with Crippen LogP contribution < -0.4 is 5.32 Å². The van der Waals surface area contributed by atoms with Crippen LogP contribution in [0.1, 0.15) is 15.2 Å². The van der Waals surface area contributed by atoms with E-state index in [4.69, 9.17) is 0 Å². The number of aryl methyl sites for hydroxylation is 1. The van der Waals surface area contributed by atoms with Crippen molar-refractivity contribution in [3.63, 3.8) is 0 Å². The molecule has 23 heavy (non-hydrogen) atoms. The highest BCUT2D eigenvalue weighted by atomic mass is 32.2. The van der Waals surface area contributed by atoms with E-state index in [0.29, 0.717) is 10.6 Å². The number of thiophene rings is 1. The first-order valence-electron chi connectivity index (χ1n) is 7.13. The number of aromatic nitrogens is 1. The average Bonchev–Trinajstić information content (AvgIpc) is 3.06. The molecule has 0 saturated carbocycles. The number of rotatable bonds is 4. The van der Waals surface area contributed by atoms with Crippen LogP contribution in [0.15, 0.2) is 59.1 Å². The minimum atomic E-state index is -0.103. The lowest BCUT2D eigenvalue weighted by Crippen LogP contribution is -2.11. The van der Waals surface area contributed by atoms with E-state index in [1.54, 1.807) is 18.0 Å². The van der Waals surface area contributed by atoms with E-state index in [1.807, 2.05) is 42.0 Å². The molecule has 3 nitrogen and oxygen atoms in total. The maximum atomic E-state index is 12.6. The Bertz CT molecular complexity index is 808. The molecule has 0 aliphatic carbocycles. The molecule has 0 atom stereocenters. The standard InChI is InChI=1S/C18H16N2OS2/c1-12-3-5-13(6-4-12)15-9-10-23-17(15)18(21)20-14-7-8-16(22-2)19-11-14/h3-11H,1-2H3,(H,20,21). The van der Waals surface area contributed by atoms with Crippen LogP contribution in [0.5, 0.6) is 0 Å². The summed E-state index contributed by atoms with van der Waals surface area (Å²) in [6.07, 6.45) is 3.66. The van der Waals surface area contributed by atoms with Gasteiger partial charge in [-0.3, -0.25) is 4.79 Å². The summed E-state index contributed by atoms with van der Waals surface area (Å²) in [6.45, 7) is 2.05. The first-order chi connectivity index (χ1) is 11.2. The molecule has 116 valence electrons. The zero-order chi connectivity index (χ0) is 16.2. The number of amides is 1. The highest BCUT2D eigenvalue weighted by Gasteiger charge is 2.15. The molecular weight excluding hydrogens is 324 g/mol. The highest BCUT2D eigenvalue weighted by Crippen LogP contribution is 2.29. The topological polar surface area (TPSA) is 42.0 Å². The van der Waals surface area contributed by atoms with Crippen molar-refractivity contribution in [1.29, 1.82) is 0 Å². The summed E-state index contributed by atoms with van der Waals surface area (Å²) in [5.74, 6) is -0.103. The Balaban J connectivity index is 1.82. The van der Waals surface area contributed by atoms with Crippen LogP contribution in [0.3, 0.4) is 0 Å². The van der Waals surface area contributed by atoms with Gasteiger partial charge in [0, 0.05) is 5.56 Å². The van der Waals surface area contributed by atoms with Gasteiger partial charge in [0.25, 0.3) is 5.91 Å². The van der Waals surface area contributed by atoms with Gasteiger partial charge >= 0.3 is 0 Å². The van der Waals surface area contributed by atoms with Crippen LogP contribution in [0.2, 0.25) is 0 Å². The SMILES string of the molecule is CSc1ccc(NC(=O)c2sccc2-c2ccc(C)cc2)cn1. The van der Waals surface area contributed by atoms with Crippen LogP contribution in [-0.4, -0.2) is 17.1 Å². The van der Waals surface area contributed by atoms with Gasteiger partial charge in [0.2, 0.25) is 0 Å². The number of thioether (sulfide) groups is 1. The average molecular weight is 340 g/mol. The molecule has 0 aliphatic heterocycles. The molecule has 1 aromatic carbocycles. The predicted octanol–water partition coefficient (Wildman–Crippen LogP) is 5.09. The summed E-state index contributed by atoms with van der Waals surface area (Å²) >= 11 is 3.02. The molecule has 0 spiro atoms. The minimum absolute atomic E-state index is 0.103. The lowest BCUT2D eigenvalue weighted by Gasteiger charge is -2.07. The Kier molecular flexibility index (Phi) is 4.79. The first-order valence-corrected chi connectivity index (χ1v) is 9.24. The van der Waals surface area contributed by atoms with Gasteiger partial charge in [0.15, 0.2) is 0 Å². The molecule has 0 radical (unpaired) electrons. The van der Waals surface area contributed by atoms with E-state index < -0.39 is 0 Å².